The Labute approximate surface area is 147 Å². The van der Waals surface area contributed by atoms with Crippen molar-refractivity contribution in [1.82, 2.24) is 5.32 Å². The molecule has 128 valence electrons. The lowest BCUT2D eigenvalue weighted by molar-refractivity contribution is -0.117. The van der Waals surface area contributed by atoms with Crippen LogP contribution < -0.4 is 10.1 Å². The van der Waals surface area contributed by atoms with Crippen LogP contribution in [0.15, 0.2) is 35.9 Å². The van der Waals surface area contributed by atoms with Crippen LogP contribution in [0.4, 0.5) is 0 Å². The number of benzene rings is 1. The van der Waals surface area contributed by atoms with E-state index in [1.165, 1.54) is 0 Å². The van der Waals surface area contributed by atoms with Crippen LogP contribution >= 0.6 is 11.6 Å². The number of ether oxygens (including phenoxy) is 1. The molecule has 0 unspecified atom stereocenters. The van der Waals surface area contributed by atoms with Gasteiger partial charge in [0.1, 0.15) is 12.4 Å². The van der Waals surface area contributed by atoms with Crippen molar-refractivity contribution in [2.24, 2.45) is 5.92 Å². The average Bonchev–Trinajstić information content (AvgIpc) is 2.60. The van der Waals surface area contributed by atoms with Gasteiger partial charge in [-0.05, 0) is 61.4 Å². The maximum absolute atomic E-state index is 12.1. The van der Waals surface area contributed by atoms with Crippen LogP contribution in [0.2, 0.25) is 5.02 Å². The molecule has 1 heterocycles. The first-order chi connectivity index (χ1) is 11.6. The number of hydrogen-bond acceptors (Lipinski definition) is 3. The number of nitrogens with one attached hydrogen (secondary N) is 1. The van der Waals surface area contributed by atoms with Crippen LogP contribution in [-0.2, 0) is 4.79 Å². The second kappa shape index (κ2) is 7.86. The molecular formula is C19H22ClNO3. The Morgan fingerprint density at radius 2 is 2.12 bits per heavy atom. The molecule has 3 rings (SSSR count). The van der Waals surface area contributed by atoms with Crippen LogP contribution in [0.25, 0.3) is 6.08 Å². The lowest BCUT2D eigenvalue weighted by Gasteiger charge is -2.27. The molecule has 0 bridgehead atoms. The van der Waals surface area contributed by atoms with E-state index < -0.39 is 0 Å². The van der Waals surface area contributed by atoms with Gasteiger partial charge in [0.15, 0.2) is 0 Å². The van der Waals surface area contributed by atoms with E-state index in [1.807, 2.05) is 18.2 Å². The monoisotopic (exact) mass is 347 g/mol. The van der Waals surface area contributed by atoms with Crippen molar-refractivity contribution in [2.75, 3.05) is 13.2 Å². The molecule has 1 aliphatic heterocycles. The number of aliphatic hydroxyl groups is 1. The highest BCUT2D eigenvalue weighted by Gasteiger charge is 2.21. The van der Waals surface area contributed by atoms with E-state index in [9.17, 15) is 4.79 Å². The number of hydrogen-bond donors (Lipinski definition) is 2. The number of carbonyl (C=O) groups is 1. The fraction of sp³-hybridized carbons (Fsp3) is 0.421. The summed E-state index contributed by atoms with van der Waals surface area (Å²) in [5.74, 6) is 1.12. The summed E-state index contributed by atoms with van der Waals surface area (Å²) in [6, 6.07) is 5.71. The molecule has 24 heavy (non-hydrogen) atoms. The molecule has 1 saturated carbocycles. The Balaban J connectivity index is 1.55. The molecule has 0 aromatic heterocycles. The summed E-state index contributed by atoms with van der Waals surface area (Å²) >= 11 is 6.00. The zero-order valence-electron chi connectivity index (χ0n) is 13.5. The van der Waals surface area contributed by atoms with Gasteiger partial charge in [-0.25, -0.2) is 0 Å². The number of fused-ring (bicyclic) bond motifs is 1. The molecule has 0 saturated heterocycles. The minimum Gasteiger partial charge on any atom is -0.488 e. The third-order valence-corrected chi connectivity index (χ3v) is 4.84. The zero-order chi connectivity index (χ0) is 16.9. The number of carbonyl (C=O) groups excluding carboxylic acids is 1. The maximum atomic E-state index is 12.1. The van der Waals surface area contributed by atoms with Gasteiger partial charge < -0.3 is 15.2 Å². The van der Waals surface area contributed by atoms with Crippen LogP contribution in [-0.4, -0.2) is 30.3 Å². The minimum atomic E-state index is -0.0831. The van der Waals surface area contributed by atoms with E-state index in [2.05, 4.69) is 5.32 Å². The molecule has 2 N–H and O–H groups in total. The van der Waals surface area contributed by atoms with Crippen molar-refractivity contribution in [3.8, 4) is 5.75 Å². The van der Waals surface area contributed by atoms with Gasteiger partial charge >= 0.3 is 0 Å². The van der Waals surface area contributed by atoms with Gasteiger partial charge in [-0.15, -0.1) is 0 Å². The van der Waals surface area contributed by atoms with E-state index >= 15 is 0 Å². The summed E-state index contributed by atoms with van der Waals surface area (Å²) < 4.78 is 5.66. The Morgan fingerprint density at radius 1 is 1.33 bits per heavy atom. The first kappa shape index (κ1) is 17.1. The summed E-state index contributed by atoms with van der Waals surface area (Å²) in [6.07, 6.45) is 9.15. The van der Waals surface area contributed by atoms with Crippen molar-refractivity contribution in [3.05, 3.63) is 46.5 Å². The predicted octanol–water partition coefficient (Wildman–Crippen LogP) is 3.34. The SMILES string of the molecule is O=C(/C=C/C1=Cc2cc(Cl)ccc2OC1)NC1CCC(CO)CC1. The number of rotatable bonds is 4. The number of aliphatic hydroxyl groups excluding tert-OH is 1. The smallest absolute Gasteiger partial charge is 0.244 e. The first-order valence-electron chi connectivity index (χ1n) is 8.36. The topological polar surface area (TPSA) is 58.6 Å². The van der Waals surface area contributed by atoms with Gasteiger partial charge in [-0.2, -0.15) is 0 Å². The highest BCUT2D eigenvalue weighted by Crippen LogP contribution is 2.29. The molecule has 4 nitrogen and oxygen atoms in total. The van der Waals surface area contributed by atoms with Crippen molar-refractivity contribution in [3.63, 3.8) is 0 Å². The van der Waals surface area contributed by atoms with Gasteiger partial charge in [-0.1, -0.05) is 17.7 Å². The molecule has 0 spiro atoms. The summed E-state index contributed by atoms with van der Waals surface area (Å²) in [6.45, 7) is 0.695. The molecular weight excluding hydrogens is 326 g/mol. The molecule has 1 aromatic carbocycles. The average molecular weight is 348 g/mol. The number of halogens is 1. The summed E-state index contributed by atoms with van der Waals surface area (Å²) in [4.78, 5) is 12.1. The zero-order valence-corrected chi connectivity index (χ0v) is 14.3. The normalized spacial score (nSPS) is 23.3. The highest BCUT2D eigenvalue weighted by molar-refractivity contribution is 6.30. The van der Waals surface area contributed by atoms with E-state index in [0.29, 0.717) is 17.5 Å². The van der Waals surface area contributed by atoms with Crippen molar-refractivity contribution < 1.29 is 14.6 Å². The largest absolute Gasteiger partial charge is 0.488 e. The fourth-order valence-electron chi connectivity index (χ4n) is 3.18. The minimum absolute atomic E-state index is 0.0831. The molecule has 1 aliphatic carbocycles. The Bertz CT molecular complexity index is 661. The third-order valence-electron chi connectivity index (χ3n) is 4.61. The highest BCUT2D eigenvalue weighted by atomic mass is 35.5. The lowest BCUT2D eigenvalue weighted by atomic mass is 9.86. The van der Waals surface area contributed by atoms with Gasteiger partial charge in [0.05, 0.1) is 0 Å². The Morgan fingerprint density at radius 3 is 2.88 bits per heavy atom. The fourth-order valence-corrected chi connectivity index (χ4v) is 3.36. The standard InChI is InChI=1S/C19H22ClNO3/c20-16-4-7-18-15(10-16)9-14(12-24-18)3-8-19(23)21-17-5-1-13(11-22)2-6-17/h3-4,7-10,13,17,22H,1-2,5-6,11-12H2,(H,21,23)/b8-3+. The van der Waals surface area contributed by atoms with Gasteiger partial charge in [0.25, 0.3) is 0 Å². The molecule has 1 amide bonds. The second-order valence-electron chi connectivity index (χ2n) is 6.43. The van der Waals surface area contributed by atoms with Crippen LogP contribution in [0.3, 0.4) is 0 Å². The van der Waals surface area contributed by atoms with Gasteiger partial charge in [0.2, 0.25) is 5.91 Å². The quantitative estimate of drug-likeness (QED) is 0.821. The molecule has 1 aromatic rings. The van der Waals surface area contributed by atoms with Gasteiger partial charge in [0, 0.05) is 29.3 Å². The van der Waals surface area contributed by atoms with Gasteiger partial charge in [-0.3, -0.25) is 4.79 Å². The van der Waals surface area contributed by atoms with Crippen molar-refractivity contribution in [1.29, 1.82) is 0 Å². The molecule has 5 heteroatoms. The molecule has 0 radical (unpaired) electrons. The Hall–Kier alpha value is -1.78. The predicted molar refractivity (Wildman–Crippen MR) is 95.0 cm³/mol. The summed E-state index contributed by atoms with van der Waals surface area (Å²) in [5.41, 5.74) is 1.86. The van der Waals surface area contributed by atoms with E-state index in [4.69, 9.17) is 21.4 Å². The summed E-state index contributed by atoms with van der Waals surface area (Å²) in [7, 11) is 0. The van der Waals surface area contributed by atoms with Crippen LogP contribution in [0, 0.1) is 5.92 Å². The third kappa shape index (κ3) is 4.40. The maximum Gasteiger partial charge on any atom is 0.244 e. The summed E-state index contributed by atoms with van der Waals surface area (Å²) in [5, 5.41) is 12.8. The first-order valence-corrected chi connectivity index (χ1v) is 8.74. The second-order valence-corrected chi connectivity index (χ2v) is 6.87. The van der Waals surface area contributed by atoms with Crippen molar-refractivity contribution >= 4 is 23.6 Å². The molecule has 0 atom stereocenters. The lowest BCUT2D eigenvalue weighted by Crippen LogP contribution is -2.37. The molecule has 1 fully saturated rings. The Kier molecular flexibility index (Phi) is 5.59. The molecule has 2 aliphatic rings. The van der Waals surface area contributed by atoms with E-state index in [1.54, 1.807) is 18.2 Å². The number of amides is 1. The van der Waals surface area contributed by atoms with Crippen LogP contribution in [0.5, 0.6) is 5.75 Å². The van der Waals surface area contributed by atoms with E-state index in [0.717, 1.165) is 42.6 Å². The van der Waals surface area contributed by atoms with E-state index in [-0.39, 0.29) is 18.6 Å². The van der Waals surface area contributed by atoms with Crippen LogP contribution in [0.1, 0.15) is 31.2 Å². The van der Waals surface area contributed by atoms with Crippen molar-refractivity contribution in [2.45, 2.75) is 31.7 Å².